The first-order chi connectivity index (χ1) is 14.0. The molecule has 1 aromatic heterocycles. The largest absolute Gasteiger partial charge is 0.481 e. The first-order valence-electron chi connectivity index (χ1n) is 9.99. The second kappa shape index (κ2) is 9.37. The molecule has 0 bridgehead atoms. The van der Waals surface area contributed by atoms with E-state index in [4.69, 9.17) is 4.74 Å². The van der Waals surface area contributed by atoms with Gasteiger partial charge < -0.3 is 4.74 Å². The van der Waals surface area contributed by atoms with Gasteiger partial charge in [-0.05, 0) is 54.7 Å². The fourth-order valence-electron chi connectivity index (χ4n) is 3.23. The summed E-state index contributed by atoms with van der Waals surface area (Å²) in [5.41, 5.74) is 3.25. The van der Waals surface area contributed by atoms with Crippen LogP contribution in [0.2, 0.25) is 0 Å². The Morgan fingerprint density at radius 2 is 1.72 bits per heavy atom. The summed E-state index contributed by atoms with van der Waals surface area (Å²) in [4.78, 5) is 19.5. The molecular formula is C25H28N2O2. The van der Waals surface area contributed by atoms with E-state index in [2.05, 4.69) is 31.0 Å². The van der Waals surface area contributed by atoms with Crippen LogP contribution in [0.15, 0.2) is 72.9 Å². The van der Waals surface area contributed by atoms with Crippen molar-refractivity contribution >= 4 is 11.7 Å². The van der Waals surface area contributed by atoms with Crippen LogP contribution in [-0.4, -0.2) is 17.0 Å². The topological polar surface area (TPSA) is 42.4 Å². The molecule has 0 N–H and O–H groups in total. The molecule has 0 saturated heterocycles. The Hall–Kier alpha value is -3.14. The van der Waals surface area contributed by atoms with Crippen LogP contribution >= 0.6 is 0 Å². The summed E-state index contributed by atoms with van der Waals surface area (Å²) in [7, 11) is 0. The SMILES string of the molecule is Cc1ccc(C(C)C)c(OC(C)C(=O)N(Cc2ccccc2)c2ccccn2)c1. The molecule has 1 amide bonds. The number of rotatable bonds is 7. The molecule has 1 heterocycles. The number of carbonyl (C=O) groups is 1. The monoisotopic (exact) mass is 388 g/mol. The maximum absolute atomic E-state index is 13.4. The van der Waals surface area contributed by atoms with E-state index < -0.39 is 6.10 Å². The summed E-state index contributed by atoms with van der Waals surface area (Å²) in [5.74, 6) is 1.57. The van der Waals surface area contributed by atoms with E-state index in [1.807, 2.05) is 61.5 Å². The Balaban J connectivity index is 1.87. The lowest BCUT2D eigenvalue weighted by molar-refractivity contribution is -0.124. The van der Waals surface area contributed by atoms with E-state index in [9.17, 15) is 4.79 Å². The number of hydrogen-bond acceptors (Lipinski definition) is 3. The van der Waals surface area contributed by atoms with E-state index >= 15 is 0 Å². The first kappa shape index (κ1) is 20.6. The molecule has 2 aromatic carbocycles. The Morgan fingerprint density at radius 1 is 1.00 bits per heavy atom. The second-order valence-corrected chi connectivity index (χ2v) is 7.55. The first-order valence-corrected chi connectivity index (χ1v) is 9.99. The van der Waals surface area contributed by atoms with Gasteiger partial charge >= 0.3 is 0 Å². The number of aryl methyl sites for hydroxylation is 1. The van der Waals surface area contributed by atoms with Gasteiger partial charge in [-0.3, -0.25) is 9.69 Å². The molecule has 0 fully saturated rings. The van der Waals surface area contributed by atoms with Gasteiger partial charge in [-0.1, -0.05) is 62.4 Å². The number of nitrogens with zero attached hydrogens (tertiary/aromatic N) is 2. The number of anilines is 1. The highest BCUT2D eigenvalue weighted by atomic mass is 16.5. The standard InChI is InChI=1S/C25H28N2O2/c1-18(2)22-14-13-19(3)16-23(22)29-20(4)25(28)27(24-12-8-9-15-26-24)17-21-10-6-5-7-11-21/h5-16,18,20H,17H2,1-4H3. The summed E-state index contributed by atoms with van der Waals surface area (Å²) in [6.45, 7) is 8.52. The molecular weight excluding hydrogens is 360 g/mol. The summed E-state index contributed by atoms with van der Waals surface area (Å²) in [5, 5.41) is 0. The summed E-state index contributed by atoms with van der Waals surface area (Å²) < 4.78 is 6.17. The Labute approximate surface area is 173 Å². The van der Waals surface area contributed by atoms with Crippen molar-refractivity contribution in [3.63, 3.8) is 0 Å². The molecule has 0 spiro atoms. The van der Waals surface area contributed by atoms with Crippen LogP contribution in [0.5, 0.6) is 5.75 Å². The third-order valence-electron chi connectivity index (χ3n) is 4.82. The molecule has 150 valence electrons. The molecule has 29 heavy (non-hydrogen) atoms. The molecule has 0 aliphatic heterocycles. The van der Waals surface area contributed by atoms with Gasteiger partial charge in [0, 0.05) is 6.20 Å². The van der Waals surface area contributed by atoms with Crippen LogP contribution in [0.25, 0.3) is 0 Å². The van der Waals surface area contributed by atoms with Crippen molar-refractivity contribution in [1.82, 2.24) is 4.98 Å². The predicted octanol–water partition coefficient (Wildman–Crippen LogP) is 5.51. The highest BCUT2D eigenvalue weighted by Gasteiger charge is 2.25. The van der Waals surface area contributed by atoms with Crippen LogP contribution in [0, 0.1) is 6.92 Å². The molecule has 4 heteroatoms. The Bertz CT molecular complexity index is 940. The van der Waals surface area contributed by atoms with Crippen LogP contribution in [-0.2, 0) is 11.3 Å². The summed E-state index contributed by atoms with van der Waals surface area (Å²) in [6, 6.07) is 21.6. The van der Waals surface area contributed by atoms with Crippen LogP contribution in [0.3, 0.4) is 0 Å². The van der Waals surface area contributed by atoms with Crippen molar-refractivity contribution in [3.8, 4) is 5.75 Å². The number of pyridine rings is 1. The number of ether oxygens (including phenoxy) is 1. The number of carbonyl (C=O) groups excluding carboxylic acids is 1. The molecule has 0 saturated carbocycles. The van der Waals surface area contributed by atoms with Crippen molar-refractivity contribution in [3.05, 3.63) is 89.6 Å². The van der Waals surface area contributed by atoms with Crippen molar-refractivity contribution in [1.29, 1.82) is 0 Å². The number of amides is 1. The minimum absolute atomic E-state index is 0.122. The average Bonchev–Trinajstić information content (AvgIpc) is 2.72. The molecule has 0 aliphatic rings. The Morgan fingerprint density at radius 3 is 2.38 bits per heavy atom. The van der Waals surface area contributed by atoms with Gasteiger partial charge in [0.05, 0.1) is 6.54 Å². The van der Waals surface area contributed by atoms with E-state index in [-0.39, 0.29) is 5.91 Å². The smallest absolute Gasteiger partial charge is 0.269 e. The van der Waals surface area contributed by atoms with E-state index in [0.717, 1.165) is 22.4 Å². The lowest BCUT2D eigenvalue weighted by atomic mass is 10.0. The van der Waals surface area contributed by atoms with Gasteiger partial charge in [-0.2, -0.15) is 0 Å². The van der Waals surface area contributed by atoms with E-state index in [1.165, 1.54) is 0 Å². The van der Waals surface area contributed by atoms with Crippen LogP contribution < -0.4 is 9.64 Å². The third-order valence-corrected chi connectivity index (χ3v) is 4.82. The zero-order chi connectivity index (χ0) is 20.8. The zero-order valence-electron chi connectivity index (χ0n) is 17.5. The minimum atomic E-state index is -0.639. The van der Waals surface area contributed by atoms with Gasteiger partial charge in [-0.15, -0.1) is 0 Å². The highest BCUT2D eigenvalue weighted by molar-refractivity contribution is 5.95. The lowest BCUT2D eigenvalue weighted by Crippen LogP contribution is -2.40. The van der Waals surface area contributed by atoms with Gasteiger partial charge in [-0.25, -0.2) is 4.98 Å². The molecule has 1 atom stereocenters. The second-order valence-electron chi connectivity index (χ2n) is 7.55. The van der Waals surface area contributed by atoms with Crippen molar-refractivity contribution < 1.29 is 9.53 Å². The number of aromatic nitrogens is 1. The van der Waals surface area contributed by atoms with E-state index in [1.54, 1.807) is 18.0 Å². The van der Waals surface area contributed by atoms with Crippen LogP contribution in [0.4, 0.5) is 5.82 Å². The van der Waals surface area contributed by atoms with Gasteiger partial charge in [0.1, 0.15) is 11.6 Å². The zero-order valence-corrected chi connectivity index (χ0v) is 17.5. The van der Waals surface area contributed by atoms with Crippen molar-refractivity contribution in [2.45, 2.75) is 46.3 Å². The lowest BCUT2D eigenvalue weighted by Gasteiger charge is -2.26. The summed E-state index contributed by atoms with van der Waals surface area (Å²) in [6.07, 6.45) is 1.06. The molecule has 0 radical (unpaired) electrons. The average molecular weight is 389 g/mol. The van der Waals surface area contributed by atoms with Gasteiger partial charge in [0.15, 0.2) is 6.10 Å². The molecule has 0 aliphatic carbocycles. The highest BCUT2D eigenvalue weighted by Crippen LogP contribution is 2.29. The number of hydrogen-bond donors (Lipinski definition) is 0. The molecule has 1 unspecified atom stereocenters. The summed E-state index contributed by atoms with van der Waals surface area (Å²) >= 11 is 0. The predicted molar refractivity (Wildman–Crippen MR) is 117 cm³/mol. The fraction of sp³-hybridized carbons (Fsp3) is 0.280. The van der Waals surface area contributed by atoms with Crippen molar-refractivity contribution in [2.75, 3.05) is 4.90 Å². The van der Waals surface area contributed by atoms with Gasteiger partial charge in [0.25, 0.3) is 5.91 Å². The molecule has 4 nitrogen and oxygen atoms in total. The normalized spacial score (nSPS) is 11.9. The maximum atomic E-state index is 13.4. The van der Waals surface area contributed by atoms with E-state index in [0.29, 0.717) is 18.3 Å². The third kappa shape index (κ3) is 5.23. The quantitative estimate of drug-likeness (QED) is 0.536. The van der Waals surface area contributed by atoms with Crippen LogP contribution in [0.1, 0.15) is 43.4 Å². The van der Waals surface area contributed by atoms with Gasteiger partial charge in [0.2, 0.25) is 0 Å². The maximum Gasteiger partial charge on any atom is 0.269 e. The van der Waals surface area contributed by atoms with Crippen molar-refractivity contribution in [2.24, 2.45) is 0 Å². The molecule has 3 aromatic rings. The number of benzene rings is 2. The minimum Gasteiger partial charge on any atom is -0.481 e. The molecule has 3 rings (SSSR count). The Kier molecular flexibility index (Phi) is 6.65. The fourth-order valence-corrected chi connectivity index (χ4v) is 3.23.